The minimum Gasteiger partial charge on any atom is -0.465 e. The maximum Gasteiger partial charge on any atom is 0.337 e. The Kier molecular flexibility index (Phi) is 6.13. The number of aromatic nitrogens is 2. The molecule has 7 heteroatoms. The summed E-state index contributed by atoms with van der Waals surface area (Å²) in [4.78, 5) is 22.5. The van der Waals surface area contributed by atoms with Crippen LogP contribution in [0.1, 0.15) is 39.7 Å². The quantitative estimate of drug-likeness (QED) is 0.324. The van der Waals surface area contributed by atoms with Crippen LogP contribution in [0, 0.1) is 0 Å². The maximum atomic E-state index is 11.8. The van der Waals surface area contributed by atoms with Gasteiger partial charge < -0.3 is 9.72 Å². The zero-order valence-electron chi connectivity index (χ0n) is 17.8. The second-order valence-corrected chi connectivity index (χ2v) is 10.0. The SMILES string of the molecule is COC(=O)c1ccc2c(CN3CCC(c4nc(-c5cccc(Br)c5)cs4)CC3)c[nH]c2c1. The van der Waals surface area contributed by atoms with Crippen molar-refractivity contribution in [3.8, 4) is 11.3 Å². The van der Waals surface area contributed by atoms with Gasteiger partial charge in [0.05, 0.1) is 23.4 Å². The van der Waals surface area contributed by atoms with Crippen molar-refractivity contribution in [2.75, 3.05) is 20.2 Å². The molecule has 4 aromatic rings. The van der Waals surface area contributed by atoms with E-state index in [1.807, 2.05) is 24.3 Å². The number of carbonyl (C=O) groups is 1. The van der Waals surface area contributed by atoms with Crippen molar-refractivity contribution in [3.63, 3.8) is 0 Å². The molecule has 0 atom stereocenters. The largest absolute Gasteiger partial charge is 0.465 e. The summed E-state index contributed by atoms with van der Waals surface area (Å²) in [5.41, 5.74) is 5.04. The van der Waals surface area contributed by atoms with Crippen LogP contribution in [0.4, 0.5) is 0 Å². The Labute approximate surface area is 199 Å². The highest BCUT2D eigenvalue weighted by Crippen LogP contribution is 2.34. The molecule has 0 amide bonds. The van der Waals surface area contributed by atoms with Crippen LogP contribution in [-0.2, 0) is 11.3 Å². The van der Waals surface area contributed by atoms with Crippen molar-refractivity contribution in [1.29, 1.82) is 0 Å². The van der Waals surface area contributed by atoms with Gasteiger partial charge in [-0.05, 0) is 55.8 Å². The first-order chi connectivity index (χ1) is 15.6. The topological polar surface area (TPSA) is 58.2 Å². The number of fused-ring (bicyclic) bond motifs is 1. The number of nitrogens with zero attached hydrogens (tertiary/aromatic N) is 2. The van der Waals surface area contributed by atoms with Crippen molar-refractivity contribution >= 4 is 44.1 Å². The van der Waals surface area contributed by atoms with Crippen LogP contribution < -0.4 is 0 Å². The van der Waals surface area contributed by atoms with E-state index < -0.39 is 0 Å². The molecule has 1 saturated heterocycles. The van der Waals surface area contributed by atoms with Crippen LogP contribution in [0.2, 0.25) is 0 Å². The molecule has 1 N–H and O–H groups in total. The molecule has 5 nitrogen and oxygen atoms in total. The molecular weight excluding hydrogens is 486 g/mol. The van der Waals surface area contributed by atoms with E-state index in [1.165, 1.54) is 23.1 Å². The highest BCUT2D eigenvalue weighted by atomic mass is 79.9. The fourth-order valence-electron chi connectivity index (χ4n) is 4.40. The Morgan fingerprint density at radius 1 is 1.25 bits per heavy atom. The minimum absolute atomic E-state index is 0.310. The highest BCUT2D eigenvalue weighted by molar-refractivity contribution is 9.10. The number of carbonyl (C=O) groups excluding carboxylic acids is 1. The summed E-state index contributed by atoms with van der Waals surface area (Å²) < 4.78 is 5.90. The van der Waals surface area contributed by atoms with E-state index in [2.05, 4.69) is 55.6 Å². The summed E-state index contributed by atoms with van der Waals surface area (Å²) in [5, 5.41) is 4.60. The van der Waals surface area contributed by atoms with Gasteiger partial charge in [-0.15, -0.1) is 11.3 Å². The van der Waals surface area contributed by atoms with E-state index in [9.17, 15) is 4.79 Å². The molecule has 1 aliphatic rings. The number of halogens is 1. The monoisotopic (exact) mass is 509 g/mol. The first-order valence-corrected chi connectivity index (χ1v) is 12.4. The lowest BCUT2D eigenvalue weighted by Crippen LogP contribution is -2.32. The number of thiazole rings is 1. The van der Waals surface area contributed by atoms with Crippen LogP contribution in [0.15, 0.2) is 58.5 Å². The molecule has 0 aliphatic carbocycles. The molecule has 2 aromatic carbocycles. The number of hydrogen-bond acceptors (Lipinski definition) is 5. The first-order valence-electron chi connectivity index (χ1n) is 10.7. The van der Waals surface area contributed by atoms with E-state index >= 15 is 0 Å². The molecule has 0 radical (unpaired) electrons. The predicted octanol–water partition coefficient (Wildman–Crippen LogP) is 6.22. The van der Waals surface area contributed by atoms with Gasteiger partial charge in [-0.3, -0.25) is 4.90 Å². The van der Waals surface area contributed by atoms with Crippen LogP contribution in [-0.4, -0.2) is 41.0 Å². The van der Waals surface area contributed by atoms with Crippen LogP contribution in [0.3, 0.4) is 0 Å². The lowest BCUT2D eigenvalue weighted by Gasteiger charge is -2.30. The smallest absolute Gasteiger partial charge is 0.337 e. The third-order valence-electron chi connectivity index (χ3n) is 6.16. The van der Waals surface area contributed by atoms with Crippen molar-refractivity contribution in [2.45, 2.75) is 25.3 Å². The molecule has 3 heterocycles. The van der Waals surface area contributed by atoms with Crippen LogP contribution in [0.25, 0.3) is 22.2 Å². The summed E-state index contributed by atoms with van der Waals surface area (Å²) in [5.74, 6) is 0.220. The molecule has 0 bridgehead atoms. The number of likely N-dealkylation sites (tertiary alicyclic amines) is 1. The summed E-state index contributed by atoms with van der Waals surface area (Å²) in [6.07, 6.45) is 4.31. The number of methoxy groups -OCH3 is 1. The maximum absolute atomic E-state index is 11.8. The van der Waals surface area contributed by atoms with Gasteiger partial charge in [0.1, 0.15) is 0 Å². The van der Waals surface area contributed by atoms with Gasteiger partial charge in [-0.2, -0.15) is 0 Å². The van der Waals surface area contributed by atoms with Gasteiger partial charge in [0, 0.05) is 45.0 Å². The van der Waals surface area contributed by atoms with Crippen molar-refractivity contribution < 1.29 is 9.53 Å². The summed E-state index contributed by atoms with van der Waals surface area (Å²) in [6.45, 7) is 3.03. The minimum atomic E-state index is -0.310. The fraction of sp³-hybridized carbons (Fsp3) is 0.280. The van der Waals surface area contributed by atoms with Crippen molar-refractivity contribution in [2.24, 2.45) is 0 Å². The van der Waals surface area contributed by atoms with Crippen LogP contribution in [0.5, 0.6) is 0 Å². The average Bonchev–Trinajstić information content (AvgIpc) is 3.47. The third kappa shape index (κ3) is 4.37. The number of hydrogen-bond donors (Lipinski definition) is 1. The summed E-state index contributed by atoms with van der Waals surface area (Å²) in [7, 11) is 1.41. The zero-order chi connectivity index (χ0) is 22.1. The number of aromatic amines is 1. The second-order valence-electron chi connectivity index (χ2n) is 8.20. The number of esters is 1. The van der Waals surface area contributed by atoms with Gasteiger partial charge in [0.2, 0.25) is 0 Å². The Bertz CT molecular complexity index is 1260. The Balaban J connectivity index is 1.22. The fourth-order valence-corrected chi connectivity index (χ4v) is 5.80. The van der Waals surface area contributed by atoms with Gasteiger partial charge in [0.25, 0.3) is 0 Å². The molecule has 5 rings (SSSR count). The van der Waals surface area contributed by atoms with Gasteiger partial charge in [0.15, 0.2) is 0 Å². The van der Waals surface area contributed by atoms with Gasteiger partial charge >= 0.3 is 5.97 Å². The van der Waals surface area contributed by atoms with E-state index in [4.69, 9.17) is 9.72 Å². The molecule has 1 aliphatic heterocycles. The predicted molar refractivity (Wildman–Crippen MR) is 132 cm³/mol. The molecule has 0 saturated carbocycles. The molecule has 32 heavy (non-hydrogen) atoms. The number of nitrogens with one attached hydrogen (secondary N) is 1. The Morgan fingerprint density at radius 3 is 2.88 bits per heavy atom. The number of benzene rings is 2. The van der Waals surface area contributed by atoms with Gasteiger partial charge in [-0.1, -0.05) is 34.1 Å². The molecule has 0 spiro atoms. The average molecular weight is 510 g/mol. The summed E-state index contributed by atoms with van der Waals surface area (Å²) in [6, 6.07) is 14.0. The molecule has 164 valence electrons. The van der Waals surface area contributed by atoms with Gasteiger partial charge in [-0.25, -0.2) is 9.78 Å². The number of ether oxygens (including phenoxy) is 1. The third-order valence-corrected chi connectivity index (χ3v) is 7.66. The standard InChI is InChI=1S/C25H24BrN3O2S/c1-31-25(30)18-5-6-21-19(13-27-22(21)12-18)14-29-9-7-16(8-10-29)24-28-23(15-32-24)17-3-2-4-20(26)11-17/h2-6,11-13,15-16,27H,7-10,14H2,1H3. The van der Waals surface area contributed by atoms with E-state index in [1.54, 1.807) is 11.3 Å². The molecule has 0 unspecified atom stereocenters. The molecule has 2 aromatic heterocycles. The number of rotatable bonds is 5. The van der Waals surface area contributed by atoms with Crippen molar-refractivity contribution in [3.05, 3.63) is 74.6 Å². The van der Waals surface area contributed by atoms with E-state index in [0.717, 1.165) is 53.7 Å². The van der Waals surface area contributed by atoms with Crippen molar-refractivity contribution in [1.82, 2.24) is 14.9 Å². The van der Waals surface area contributed by atoms with E-state index in [-0.39, 0.29) is 5.97 Å². The first kappa shape index (κ1) is 21.4. The Morgan fingerprint density at radius 2 is 2.09 bits per heavy atom. The second kappa shape index (κ2) is 9.17. The van der Waals surface area contributed by atoms with E-state index in [0.29, 0.717) is 11.5 Å². The summed E-state index contributed by atoms with van der Waals surface area (Å²) >= 11 is 5.33. The Hall–Kier alpha value is -2.48. The lowest BCUT2D eigenvalue weighted by molar-refractivity contribution is 0.0601. The normalized spacial score (nSPS) is 15.3. The molecular formula is C25H24BrN3O2S. The molecule has 1 fully saturated rings. The lowest BCUT2D eigenvalue weighted by atomic mass is 9.97. The van der Waals surface area contributed by atoms with Crippen LogP contribution >= 0.6 is 27.3 Å². The number of piperidine rings is 1. The number of H-pyrrole nitrogens is 1. The zero-order valence-corrected chi connectivity index (χ0v) is 20.2. The highest BCUT2D eigenvalue weighted by Gasteiger charge is 2.24.